The smallest absolute Gasteiger partial charge is 0.258 e. The van der Waals surface area contributed by atoms with Gasteiger partial charge in [0.2, 0.25) is 5.95 Å². The Kier molecular flexibility index (Phi) is 6.18. The lowest BCUT2D eigenvalue weighted by Gasteiger charge is -2.22. The molecule has 0 atom stereocenters. The van der Waals surface area contributed by atoms with Crippen LogP contribution in [0.25, 0.3) is 11.0 Å². The van der Waals surface area contributed by atoms with Crippen molar-refractivity contribution in [2.24, 2.45) is 0 Å². The molecule has 1 aliphatic rings. The van der Waals surface area contributed by atoms with Gasteiger partial charge in [0.1, 0.15) is 5.82 Å². The molecule has 0 saturated carbocycles. The number of aromatic nitrogens is 2. The van der Waals surface area contributed by atoms with Crippen molar-refractivity contribution >= 4 is 34.5 Å². The first-order valence-electron chi connectivity index (χ1n) is 11.6. The Morgan fingerprint density at radius 1 is 0.971 bits per heavy atom. The van der Waals surface area contributed by atoms with E-state index in [0.29, 0.717) is 30.9 Å². The van der Waals surface area contributed by atoms with E-state index in [0.717, 1.165) is 35.5 Å². The summed E-state index contributed by atoms with van der Waals surface area (Å²) in [5, 5.41) is 2.75. The molecule has 0 unspecified atom stereocenters. The fourth-order valence-corrected chi connectivity index (χ4v) is 4.33. The normalized spacial score (nSPS) is 14.1. The summed E-state index contributed by atoms with van der Waals surface area (Å²) in [6.45, 7) is 4.47. The molecule has 2 N–H and O–H groups in total. The number of fused-ring (bicyclic) bond motifs is 1. The number of aromatic amines is 1. The number of aryl methyl sites for hydroxylation is 1. The van der Waals surface area contributed by atoms with E-state index in [2.05, 4.69) is 20.2 Å². The highest BCUT2D eigenvalue weighted by molar-refractivity contribution is 6.05. The molecule has 0 aliphatic carbocycles. The van der Waals surface area contributed by atoms with Crippen LogP contribution in [0.1, 0.15) is 32.7 Å². The van der Waals surface area contributed by atoms with Crippen molar-refractivity contribution in [1.82, 2.24) is 14.9 Å². The number of hydrogen-bond donors (Lipinski definition) is 2. The number of halogens is 1. The lowest BCUT2D eigenvalue weighted by Crippen LogP contribution is -2.35. The molecule has 3 aromatic carbocycles. The molecule has 0 spiro atoms. The number of carbonyl (C=O) groups is 2. The Balaban J connectivity index is 1.29. The van der Waals surface area contributed by atoms with Gasteiger partial charge in [-0.2, -0.15) is 0 Å². The molecule has 2 heterocycles. The van der Waals surface area contributed by atoms with Gasteiger partial charge in [0, 0.05) is 37.4 Å². The van der Waals surface area contributed by atoms with Crippen LogP contribution in [-0.4, -0.2) is 52.9 Å². The van der Waals surface area contributed by atoms with Gasteiger partial charge in [-0.05, 0) is 55.3 Å². The standard InChI is InChI=1S/C27H26FN5O2/c1-18-11-12-19(17-24(18)29-25(34)20-7-2-3-8-21(20)28)26(35)32-13-6-14-33(16-15-32)27-30-22-9-4-5-10-23(22)31-27/h2-5,7-12,17H,6,13-16H2,1H3,(H,29,34)(H,30,31). The lowest BCUT2D eigenvalue weighted by atomic mass is 10.1. The van der Waals surface area contributed by atoms with Crippen molar-refractivity contribution in [2.45, 2.75) is 13.3 Å². The minimum atomic E-state index is -0.589. The molecule has 178 valence electrons. The number of para-hydroxylation sites is 2. The molecular weight excluding hydrogens is 445 g/mol. The number of rotatable bonds is 4. The number of carbonyl (C=O) groups excluding carboxylic acids is 2. The van der Waals surface area contributed by atoms with Gasteiger partial charge in [0.15, 0.2) is 0 Å². The maximum atomic E-state index is 14.0. The second-order valence-corrected chi connectivity index (χ2v) is 8.67. The molecule has 2 amide bonds. The van der Waals surface area contributed by atoms with E-state index >= 15 is 0 Å². The molecule has 5 rings (SSSR count). The average Bonchev–Trinajstić information content (AvgIpc) is 3.14. The van der Waals surface area contributed by atoms with E-state index in [1.165, 1.54) is 18.2 Å². The minimum absolute atomic E-state index is 0.0400. The molecular formula is C27H26FN5O2. The van der Waals surface area contributed by atoms with E-state index in [1.807, 2.05) is 36.1 Å². The first-order valence-corrected chi connectivity index (χ1v) is 11.6. The summed E-state index contributed by atoms with van der Waals surface area (Å²) >= 11 is 0. The Hall–Kier alpha value is -4.20. The molecule has 4 aromatic rings. The van der Waals surface area contributed by atoms with Gasteiger partial charge < -0.3 is 20.1 Å². The summed E-state index contributed by atoms with van der Waals surface area (Å²) in [7, 11) is 0. The van der Waals surface area contributed by atoms with E-state index in [4.69, 9.17) is 0 Å². The van der Waals surface area contributed by atoms with Crippen LogP contribution >= 0.6 is 0 Å². The summed E-state index contributed by atoms with van der Waals surface area (Å²) in [6.07, 6.45) is 0.811. The summed E-state index contributed by atoms with van der Waals surface area (Å²) in [4.78, 5) is 38.0. The minimum Gasteiger partial charge on any atom is -0.341 e. The molecule has 1 fully saturated rings. The van der Waals surface area contributed by atoms with E-state index in [-0.39, 0.29) is 11.5 Å². The fourth-order valence-electron chi connectivity index (χ4n) is 4.33. The van der Waals surface area contributed by atoms with E-state index < -0.39 is 11.7 Å². The predicted octanol–water partition coefficient (Wildman–Crippen LogP) is 4.62. The third-order valence-electron chi connectivity index (χ3n) is 6.31. The highest BCUT2D eigenvalue weighted by atomic mass is 19.1. The summed E-state index contributed by atoms with van der Waals surface area (Å²) in [6, 6.07) is 19.0. The van der Waals surface area contributed by atoms with Crippen LogP contribution in [0.5, 0.6) is 0 Å². The highest BCUT2D eigenvalue weighted by Gasteiger charge is 2.23. The lowest BCUT2D eigenvalue weighted by molar-refractivity contribution is 0.0766. The van der Waals surface area contributed by atoms with Gasteiger partial charge in [-0.25, -0.2) is 9.37 Å². The number of nitrogens with zero attached hydrogens (tertiary/aromatic N) is 3. The molecule has 8 heteroatoms. The predicted molar refractivity (Wildman–Crippen MR) is 134 cm³/mol. The maximum Gasteiger partial charge on any atom is 0.258 e. The maximum absolute atomic E-state index is 14.0. The molecule has 7 nitrogen and oxygen atoms in total. The second-order valence-electron chi connectivity index (χ2n) is 8.67. The Labute approximate surface area is 202 Å². The van der Waals surface area contributed by atoms with Gasteiger partial charge in [-0.3, -0.25) is 9.59 Å². The van der Waals surface area contributed by atoms with Gasteiger partial charge in [0.25, 0.3) is 11.8 Å². The van der Waals surface area contributed by atoms with Crippen molar-refractivity contribution in [2.75, 3.05) is 36.4 Å². The largest absolute Gasteiger partial charge is 0.341 e. The first-order chi connectivity index (χ1) is 17.0. The summed E-state index contributed by atoms with van der Waals surface area (Å²) in [5.41, 5.74) is 3.63. The Bertz CT molecular complexity index is 1370. The number of benzene rings is 3. The molecule has 1 aromatic heterocycles. The van der Waals surface area contributed by atoms with Crippen LogP contribution in [0.2, 0.25) is 0 Å². The fraction of sp³-hybridized carbons (Fsp3) is 0.222. The van der Waals surface area contributed by atoms with Crippen LogP contribution in [0.3, 0.4) is 0 Å². The van der Waals surface area contributed by atoms with Crippen molar-refractivity contribution in [1.29, 1.82) is 0 Å². The topological polar surface area (TPSA) is 81.3 Å². The zero-order valence-electron chi connectivity index (χ0n) is 19.4. The van der Waals surface area contributed by atoms with Crippen LogP contribution < -0.4 is 10.2 Å². The number of anilines is 2. The van der Waals surface area contributed by atoms with E-state index in [1.54, 1.807) is 24.3 Å². The average molecular weight is 472 g/mol. The highest BCUT2D eigenvalue weighted by Crippen LogP contribution is 2.22. The number of amides is 2. The number of H-pyrrole nitrogens is 1. The molecule has 1 saturated heterocycles. The SMILES string of the molecule is Cc1ccc(C(=O)N2CCCN(c3nc4ccccc4[nH]3)CC2)cc1NC(=O)c1ccccc1F. The van der Waals surface area contributed by atoms with Gasteiger partial charge in [-0.15, -0.1) is 0 Å². The van der Waals surface area contributed by atoms with Crippen molar-refractivity contribution in [3.63, 3.8) is 0 Å². The monoisotopic (exact) mass is 471 g/mol. The molecule has 35 heavy (non-hydrogen) atoms. The number of imidazole rings is 1. The van der Waals surface area contributed by atoms with Gasteiger partial charge in [0.05, 0.1) is 16.6 Å². The second kappa shape index (κ2) is 9.58. The first kappa shape index (κ1) is 22.6. The summed E-state index contributed by atoms with van der Waals surface area (Å²) in [5.74, 6) is -0.424. The molecule has 1 aliphatic heterocycles. The quantitative estimate of drug-likeness (QED) is 0.455. The zero-order chi connectivity index (χ0) is 24.4. The Morgan fingerprint density at radius 2 is 1.77 bits per heavy atom. The van der Waals surface area contributed by atoms with Crippen LogP contribution in [0, 0.1) is 12.7 Å². The van der Waals surface area contributed by atoms with Gasteiger partial charge >= 0.3 is 0 Å². The van der Waals surface area contributed by atoms with Crippen molar-refractivity contribution in [3.05, 3.63) is 89.2 Å². The zero-order valence-corrected chi connectivity index (χ0v) is 19.4. The van der Waals surface area contributed by atoms with Crippen LogP contribution in [0.4, 0.5) is 16.0 Å². The van der Waals surface area contributed by atoms with Gasteiger partial charge in [-0.1, -0.05) is 30.3 Å². The molecule has 0 radical (unpaired) electrons. The molecule has 0 bridgehead atoms. The van der Waals surface area contributed by atoms with Crippen LogP contribution in [-0.2, 0) is 0 Å². The summed E-state index contributed by atoms with van der Waals surface area (Å²) < 4.78 is 14.0. The van der Waals surface area contributed by atoms with Crippen molar-refractivity contribution in [3.8, 4) is 0 Å². The third kappa shape index (κ3) is 4.73. The van der Waals surface area contributed by atoms with E-state index in [9.17, 15) is 14.0 Å². The number of nitrogens with one attached hydrogen (secondary N) is 2. The third-order valence-corrected chi connectivity index (χ3v) is 6.31. The van der Waals surface area contributed by atoms with Crippen LogP contribution in [0.15, 0.2) is 66.7 Å². The Morgan fingerprint density at radius 3 is 2.60 bits per heavy atom. The number of hydrogen-bond acceptors (Lipinski definition) is 4. The van der Waals surface area contributed by atoms with Crippen molar-refractivity contribution < 1.29 is 14.0 Å².